The van der Waals surface area contributed by atoms with Crippen LogP contribution >= 0.6 is 0 Å². The van der Waals surface area contributed by atoms with Crippen LogP contribution in [0.4, 0.5) is 0 Å². The Balaban J connectivity index is 2.04. The molecular weight excluding hydrogens is 294 g/mol. The third-order valence-electron chi connectivity index (χ3n) is 5.24. The van der Waals surface area contributed by atoms with Crippen molar-refractivity contribution in [2.75, 3.05) is 7.11 Å². The molecule has 5 heteroatoms. The van der Waals surface area contributed by atoms with E-state index in [1.807, 2.05) is 0 Å². The number of hydrogen-bond acceptors (Lipinski definition) is 4. The molecule has 2 fully saturated rings. The molecule has 0 aromatic heterocycles. The van der Waals surface area contributed by atoms with E-state index >= 15 is 0 Å². The van der Waals surface area contributed by atoms with E-state index in [4.69, 9.17) is 9.16 Å². The fourth-order valence-corrected chi connectivity index (χ4v) is 7.35. The van der Waals surface area contributed by atoms with E-state index in [0.29, 0.717) is 5.92 Å². The van der Waals surface area contributed by atoms with Crippen LogP contribution in [0.25, 0.3) is 0 Å². The molecule has 0 saturated carbocycles. The highest BCUT2D eigenvalue weighted by Gasteiger charge is 2.45. The zero-order chi connectivity index (χ0) is 16.5. The lowest BCUT2D eigenvalue weighted by atomic mass is 9.70. The Morgan fingerprint density at radius 2 is 1.91 bits per heavy atom. The van der Waals surface area contributed by atoms with Crippen molar-refractivity contribution in [3.63, 3.8) is 0 Å². The fraction of sp³-hybridized carbons (Fsp3) is 0.941. The van der Waals surface area contributed by atoms with Crippen LogP contribution in [0.5, 0.6) is 0 Å². The summed E-state index contributed by atoms with van der Waals surface area (Å²) in [6.07, 6.45) is 4.03. The van der Waals surface area contributed by atoms with Gasteiger partial charge < -0.3 is 14.5 Å². The Morgan fingerprint density at radius 3 is 2.36 bits per heavy atom. The van der Waals surface area contributed by atoms with Crippen LogP contribution in [0, 0.1) is 11.8 Å². The average molecular weight is 328 g/mol. The molecule has 3 unspecified atom stereocenters. The molecule has 0 amide bonds. The third-order valence-corrected chi connectivity index (χ3v) is 8.25. The lowest BCUT2D eigenvalue weighted by Gasteiger charge is -2.49. The number of rotatable bonds is 4. The van der Waals surface area contributed by atoms with E-state index in [2.05, 4.69) is 39.9 Å². The second-order valence-corrected chi connectivity index (χ2v) is 11.0. The number of nitrogens with one attached hydrogen (secondary N) is 1. The molecule has 2 rings (SSSR count). The van der Waals surface area contributed by atoms with Crippen molar-refractivity contribution in [2.24, 2.45) is 11.8 Å². The van der Waals surface area contributed by atoms with Gasteiger partial charge in [-0.05, 0) is 65.3 Å². The lowest BCUT2D eigenvalue weighted by Crippen LogP contribution is -2.59. The molecule has 22 heavy (non-hydrogen) atoms. The van der Waals surface area contributed by atoms with Gasteiger partial charge in [-0.1, -0.05) is 6.92 Å². The van der Waals surface area contributed by atoms with Crippen LogP contribution in [0.15, 0.2) is 0 Å². The summed E-state index contributed by atoms with van der Waals surface area (Å²) in [7, 11) is 0.190. The van der Waals surface area contributed by atoms with E-state index in [9.17, 15) is 4.79 Å². The third kappa shape index (κ3) is 4.12. The molecule has 128 valence electrons. The van der Waals surface area contributed by atoms with E-state index in [1.54, 1.807) is 7.11 Å². The van der Waals surface area contributed by atoms with E-state index in [-0.39, 0.29) is 28.7 Å². The minimum Gasteiger partial charge on any atom is -0.519 e. The SMILES string of the molecule is CCC(OC)[SiH]1CCC(C2CC(C)(C)NC(C)(C)C2)C(=O)O1. The van der Waals surface area contributed by atoms with E-state index in [0.717, 1.165) is 31.7 Å². The first-order chi connectivity index (χ1) is 10.2. The molecule has 2 aliphatic heterocycles. The maximum Gasteiger partial charge on any atom is 0.295 e. The van der Waals surface area contributed by atoms with Crippen molar-refractivity contribution >= 4 is 15.0 Å². The summed E-state index contributed by atoms with van der Waals surface area (Å²) in [5.74, 6) is 0.562. The van der Waals surface area contributed by atoms with Gasteiger partial charge in [-0.25, -0.2) is 0 Å². The molecule has 0 radical (unpaired) electrons. The largest absolute Gasteiger partial charge is 0.519 e. The van der Waals surface area contributed by atoms with Crippen molar-refractivity contribution in [2.45, 2.75) is 83.2 Å². The van der Waals surface area contributed by atoms with Crippen LogP contribution in [-0.2, 0) is 14.0 Å². The highest BCUT2D eigenvalue weighted by Crippen LogP contribution is 2.41. The maximum atomic E-state index is 12.6. The first-order valence-corrected chi connectivity index (χ1v) is 10.7. The number of carbonyl (C=O) groups excluding carboxylic acids is 1. The molecule has 2 aliphatic rings. The Bertz CT molecular complexity index is 391. The zero-order valence-electron chi connectivity index (χ0n) is 15.1. The van der Waals surface area contributed by atoms with Crippen molar-refractivity contribution in [1.29, 1.82) is 0 Å². The second kappa shape index (κ2) is 6.61. The molecule has 0 aromatic carbocycles. The van der Waals surface area contributed by atoms with Gasteiger partial charge in [0, 0.05) is 18.2 Å². The Hall–Kier alpha value is -0.393. The number of carbonyl (C=O) groups is 1. The molecule has 3 atom stereocenters. The molecule has 1 N–H and O–H groups in total. The predicted octanol–water partition coefficient (Wildman–Crippen LogP) is 2.79. The number of hydrogen-bond donors (Lipinski definition) is 1. The molecule has 0 spiro atoms. The molecular formula is C17H33NO3Si. The summed E-state index contributed by atoms with van der Waals surface area (Å²) in [6, 6.07) is 1.06. The molecule has 0 bridgehead atoms. The van der Waals surface area contributed by atoms with Gasteiger partial charge >= 0.3 is 0 Å². The maximum absolute atomic E-state index is 12.6. The molecule has 2 saturated heterocycles. The van der Waals surface area contributed by atoms with Crippen LogP contribution in [-0.4, -0.2) is 38.9 Å². The summed E-state index contributed by atoms with van der Waals surface area (Å²) < 4.78 is 11.4. The first-order valence-electron chi connectivity index (χ1n) is 8.70. The van der Waals surface area contributed by atoms with Gasteiger partial charge in [-0.3, -0.25) is 4.79 Å². The quantitative estimate of drug-likeness (QED) is 0.807. The van der Waals surface area contributed by atoms with Crippen molar-refractivity contribution in [3.05, 3.63) is 0 Å². The second-order valence-electron chi connectivity index (χ2n) is 8.40. The highest BCUT2D eigenvalue weighted by atomic mass is 28.3. The van der Waals surface area contributed by atoms with Crippen molar-refractivity contribution in [3.8, 4) is 0 Å². The lowest BCUT2D eigenvalue weighted by molar-refractivity contribution is -0.144. The topological polar surface area (TPSA) is 47.6 Å². The Morgan fingerprint density at radius 1 is 1.32 bits per heavy atom. The van der Waals surface area contributed by atoms with Crippen LogP contribution in [0.2, 0.25) is 6.04 Å². The molecule has 4 nitrogen and oxygen atoms in total. The summed E-state index contributed by atoms with van der Waals surface area (Å²) in [5.41, 5.74) is 0.338. The van der Waals surface area contributed by atoms with Gasteiger partial charge in [0.2, 0.25) is 0 Å². The van der Waals surface area contributed by atoms with Crippen LogP contribution in [0.3, 0.4) is 0 Å². The van der Waals surface area contributed by atoms with Gasteiger partial charge in [0.05, 0.1) is 11.6 Å². The number of ether oxygens (including phenoxy) is 1. The summed E-state index contributed by atoms with van der Waals surface area (Å²) in [4.78, 5) is 12.6. The zero-order valence-corrected chi connectivity index (χ0v) is 16.2. The van der Waals surface area contributed by atoms with Gasteiger partial charge in [-0.2, -0.15) is 0 Å². The summed E-state index contributed by atoms with van der Waals surface area (Å²) in [6.45, 7) is 11.1. The van der Waals surface area contributed by atoms with Gasteiger partial charge in [0.1, 0.15) is 0 Å². The van der Waals surface area contributed by atoms with E-state index < -0.39 is 9.04 Å². The Labute approximate surface area is 137 Å². The minimum absolute atomic E-state index is 0.0527. The fourth-order valence-electron chi connectivity index (χ4n) is 4.71. The average Bonchev–Trinajstić information content (AvgIpc) is 2.36. The normalized spacial score (nSPS) is 33.3. The molecule has 0 aromatic rings. The van der Waals surface area contributed by atoms with Crippen LogP contribution < -0.4 is 5.32 Å². The van der Waals surface area contributed by atoms with Crippen molar-refractivity contribution < 1.29 is 14.0 Å². The summed E-state index contributed by atoms with van der Waals surface area (Å²) >= 11 is 0. The van der Waals surface area contributed by atoms with Gasteiger partial charge in [-0.15, -0.1) is 0 Å². The van der Waals surface area contributed by atoms with Gasteiger partial charge in [0.25, 0.3) is 15.0 Å². The van der Waals surface area contributed by atoms with Crippen molar-refractivity contribution in [1.82, 2.24) is 5.32 Å². The Kier molecular flexibility index (Phi) is 5.40. The summed E-state index contributed by atoms with van der Waals surface area (Å²) in [5, 5.41) is 3.70. The first kappa shape index (κ1) is 18.0. The standard InChI is InChI=1S/C17H33NO3Si/c1-7-14(20-6)22-9-8-13(15(19)21-22)12-10-16(2,3)18-17(4,5)11-12/h12-14,18,22H,7-11H2,1-6H3. The predicted molar refractivity (Wildman–Crippen MR) is 91.3 cm³/mol. The highest BCUT2D eigenvalue weighted by molar-refractivity contribution is 6.55. The van der Waals surface area contributed by atoms with Gasteiger partial charge in [0.15, 0.2) is 0 Å². The van der Waals surface area contributed by atoms with Crippen LogP contribution in [0.1, 0.15) is 60.3 Å². The monoisotopic (exact) mass is 327 g/mol. The molecule has 2 heterocycles. The minimum atomic E-state index is -1.55. The molecule has 0 aliphatic carbocycles. The number of piperidine rings is 1. The van der Waals surface area contributed by atoms with E-state index in [1.165, 1.54) is 0 Å². The number of methoxy groups -OCH3 is 1. The smallest absolute Gasteiger partial charge is 0.295 e.